The second-order valence-corrected chi connectivity index (χ2v) is 3.62. The van der Waals surface area contributed by atoms with Gasteiger partial charge in [0.25, 0.3) is 5.69 Å². The lowest BCUT2D eigenvalue weighted by molar-refractivity contribution is -0.385. The molecule has 1 aromatic carbocycles. The second-order valence-electron chi connectivity index (χ2n) is 3.62. The van der Waals surface area contributed by atoms with E-state index in [9.17, 15) is 14.9 Å². The average Bonchev–Trinajstić information content (AvgIpc) is 2.25. The highest BCUT2D eigenvalue weighted by Gasteiger charge is 2.14. The molecule has 1 N–H and O–H groups in total. The Hall–Kier alpha value is -2.37. The van der Waals surface area contributed by atoms with Crippen LogP contribution in [0.5, 0.6) is 0 Å². The van der Waals surface area contributed by atoms with Crippen LogP contribution in [0.3, 0.4) is 0 Å². The molecule has 0 saturated heterocycles. The first-order valence-corrected chi connectivity index (χ1v) is 4.78. The van der Waals surface area contributed by atoms with Gasteiger partial charge in [-0.1, -0.05) is 0 Å². The minimum Gasteiger partial charge on any atom is -0.478 e. The van der Waals surface area contributed by atoms with Crippen LogP contribution in [-0.2, 0) is 0 Å². The largest absolute Gasteiger partial charge is 0.478 e. The number of nitrogens with zero attached hydrogens (tertiary/aromatic N) is 2. The van der Waals surface area contributed by atoms with Crippen LogP contribution < -0.4 is 0 Å². The molecule has 6 heteroatoms. The highest BCUT2D eigenvalue weighted by Crippen LogP contribution is 2.21. The smallest absolute Gasteiger partial charge is 0.335 e. The number of benzene rings is 1. The number of nitro groups is 1. The maximum absolute atomic E-state index is 10.8. The predicted octanol–water partition coefficient (Wildman–Crippen LogP) is 1.83. The first-order valence-electron chi connectivity index (χ1n) is 4.78. The second kappa shape index (κ2) is 5.11. The number of carboxylic acids is 1. The van der Waals surface area contributed by atoms with Crippen molar-refractivity contribution in [3.05, 3.63) is 45.6 Å². The van der Waals surface area contributed by atoms with Gasteiger partial charge in [0, 0.05) is 20.2 Å². The van der Waals surface area contributed by atoms with E-state index >= 15 is 0 Å². The number of aromatic carboxylic acids is 1. The van der Waals surface area contributed by atoms with Crippen molar-refractivity contribution in [3.8, 4) is 0 Å². The van der Waals surface area contributed by atoms with Gasteiger partial charge in [0.05, 0.1) is 16.1 Å². The molecule has 0 aliphatic carbocycles. The average molecular weight is 236 g/mol. The van der Waals surface area contributed by atoms with Crippen LogP contribution in [-0.4, -0.2) is 35.0 Å². The lowest BCUT2D eigenvalue weighted by Gasteiger charge is -2.04. The first kappa shape index (κ1) is 12.7. The van der Waals surface area contributed by atoms with E-state index in [1.165, 1.54) is 24.3 Å². The Morgan fingerprint density at radius 2 is 2.12 bits per heavy atom. The molecule has 0 aliphatic rings. The molecular formula is C11H12N2O4. The summed E-state index contributed by atoms with van der Waals surface area (Å²) < 4.78 is 0. The summed E-state index contributed by atoms with van der Waals surface area (Å²) in [5.74, 6) is -1.11. The topological polar surface area (TPSA) is 83.7 Å². The molecule has 17 heavy (non-hydrogen) atoms. The van der Waals surface area contributed by atoms with Gasteiger partial charge in [-0.25, -0.2) is 4.79 Å². The van der Waals surface area contributed by atoms with Gasteiger partial charge < -0.3 is 10.0 Å². The first-order chi connectivity index (χ1) is 7.91. The van der Waals surface area contributed by atoms with Gasteiger partial charge in [-0.3, -0.25) is 10.1 Å². The third-order valence-electron chi connectivity index (χ3n) is 2.02. The summed E-state index contributed by atoms with van der Waals surface area (Å²) in [4.78, 5) is 22.7. The number of hydrogen-bond acceptors (Lipinski definition) is 4. The SMILES string of the molecule is CN(C)/C=C/c1cc(C(=O)O)ccc1[N+](=O)[O-]. The van der Waals surface area contributed by atoms with Crippen molar-refractivity contribution >= 4 is 17.7 Å². The van der Waals surface area contributed by atoms with Crippen molar-refractivity contribution in [2.75, 3.05) is 14.1 Å². The van der Waals surface area contributed by atoms with Gasteiger partial charge in [-0.05, 0) is 24.4 Å². The van der Waals surface area contributed by atoms with Crippen LogP contribution in [0, 0.1) is 10.1 Å². The molecule has 90 valence electrons. The van der Waals surface area contributed by atoms with Gasteiger partial charge >= 0.3 is 5.97 Å². The molecule has 6 nitrogen and oxygen atoms in total. The summed E-state index contributed by atoms with van der Waals surface area (Å²) in [5.41, 5.74) is 0.172. The summed E-state index contributed by atoms with van der Waals surface area (Å²) in [5, 5.41) is 19.6. The predicted molar refractivity (Wildman–Crippen MR) is 62.8 cm³/mol. The molecule has 0 saturated carbocycles. The van der Waals surface area contributed by atoms with Crippen LogP contribution >= 0.6 is 0 Å². The van der Waals surface area contributed by atoms with Crippen molar-refractivity contribution in [3.63, 3.8) is 0 Å². The molecule has 0 amide bonds. The quantitative estimate of drug-likeness (QED) is 0.636. The molecule has 1 rings (SSSR count). The minimum absolute atomic E-state index is 0.0222. The van der Waals surface area contributed by atoms with E-state index in [1.807, 2.05) is 0 Å². The van der Waals surface area contributed by atoms with Crippen LogP contribution in [0.25, 0.3) is 6.08 Å². The number of nitro benzene ring substituents is 1. The maximum Gasteiger partial charge on any atom is 0.335 e. The Labute approximate surface area is 97.9 Å². The zero-order valence-electron chi connectivity index (χ0n) is 9.45. The Bertz CT molecular complexity index is 480. The van der Waals surface area contributed by atoms with Crippen LogP contribution in [0.4, 0.5) is 5.69 Å². The number of hydrogen-bond donors (Lipinski definition) is 1. The van der Waals surface area contributed by atoms with Gasteiger partial charge in [0.15, 0.2) is 0 Å². The summed E-state index contributed by atoms with van der Waals surface area (Å²) in [7, 11) is 3.53. The van der Waals surface area contributed by atoms with Crippen LogP contribution in [0.2, 0.25) is 0 Å². The van der Waals surface area contributed by atoms with Gasteiger partial charge in [-0.15, -0.1) is 0 Å². The lowest BCUT2D eigenvalue weighted by atomic mass is 10.1. The van der Waals surface area contributed by atoms with Crippen molar-refractivity contribution in [2.24, 2.45) is 0 Å². The molecule has 0 spiro atoms. The van der Waals surface area contributed by atoms with E-state index in [4.69, 9.17) is 5.11 Å². The molecule has 0 atom stereocenters. The van der Waals surface area contributed by atoms with Crippen molar-refractivity contribution < 1.29 is 14.8 Å². The zero-order valence-corrected chi connectivity index (χ0v) is 9.45. The minimum atomic E-state index is -1.11. The van der Waals surface area contributed by atoms with E-state index in [-0.39, 0.29) is 16.8 Å². The monoisotopic (exact) mass is 236 g/mol. The fourth-order valence-corrected chi connectivity index (χ4v) is 1.22. The summed E-state index contributed by atoms with van der Waals surface area (Å²) in [6, 6.07) is 3.69. The molecule has 0 unspecified atom stereocenters. The Kier molecular flexibility index (Phi) is 3.82. The highest BCUT2D eigenvalue weighted by molar-refractivity contribution is 5.89. The molecule has 0 aromatic heterocycles. The van der Waals surface area contributed by atoms with Crippen LogP contribution in [0.1, 0.15) is 15.9 Å². The third kappa shape index (κ3) is 3.30. The number of rotatable bonds is 4. The van der Waals surface area contributed by atoms with Crippen LogP contribution in [0.15, 0.2) is 24.4 Å². The van der Waals surface area contributed by atoms with Gasteiger partial charge in [0.1, 0.15) is 0 Å². The van der Waals surface area contributed by atoms with E-state index in [0.717, 1.165) is 0 Å². The Morgan fingerprint density at radius 3 is 2.59 bits per heavy atom. The summed E-state index contributed by atoms with van der Waals surface area (Å²) >= 11 is 0. The fourth-order valence-electron chi connectivity index (χ4n) is 1.22. The van der Waals surface area contributed by atoms with Gasteiger partial charge in [0.2, 0.25) is 0 Å². The van der Waals surface area contributed by atoms with Crippen molar-refractivity contribution in [2.45, 2.75) is 0 Å². The Balaban J connectivity index is 3.25. The molecule has 0 bridgehead atoms. The van der Waals surface area contributed by atoms with E-state index < -0.39 is 10.9 Å². The fraction of sp³-hybridized carbons (Fsp3) is 0.182. The molecule has 0 aliphatic heterocycles. The highest BCUT2D eigenvalue weighted by atomic mass is 16.6. The molecular weight excluding hydrogens is 224 g/mol. The maximum atomic E-state index is 10.8. The number of carbonyl (C=O) groups is 1. The van der Waals surface area contributed by atoms with Gasteiger partial charge in [-0.2, -0.15) is 0 Å². The number of carboxylic acid groups (broad SMARTS) is 1. The Morgan fingerprint density at radius 1 is 1.47 bits per heavy atom. The van der Waals surface area contributed by atoms with E-state index in [2.05, 4.69) is 0 Å². The third-order valence-corrected chi connectivity index (χ3v) is 2.02. The summed E-state index contributed by atoms with van der Waals surface area (Å²) in [6.07, 6.45) is 3.12. The molecule has 0 fully saturated rings. The van der Waals surface area contributed by atoms with E-state index in [0.29, 0.717) is 0 Å². The molecule has 1 aromatic rings. The zero-order chi connectivity index (χ0) is 13.0. The molecule has 0 heterocycles. The standard InChI is InChI=1S/C11H12N2O4/c1-12(2)6-5-8-7-9(11(14)15)3-4-10(8)13(16)17/h3-7H,1-2H3,(H,14,15)/b6-5+. The molecule has 0 radical (unpaired) electrons. The van der Waals surface area contributed by atoms with Crippen molar-refractivity contribution in [1.29, 1.82) is 0 Å². The van der Waals surface area contributed by atoms with Crippen molar-refractivity contribution in [1.82, 2.24) is 4.90 Å². The van der Waals surface area contributed by atoms with E-state index in [1.54, 1.807) is 25.2 Å². The lowest BCUT2D eigenvalue weighted by Crippen LogP contribution is -2.02. The summed E-state index contributed by atoms with van der Waals surface area (Å²) in [6.45, 7) is 0. The normalized spacial score (nSPS) is 10.5.